The van der Waals surface area contributed by atoms with Gasteiger partial charge in [0.25, 0.3) is 0 Å². The highest BCUT2D eigenvalue weighted by atomic mass is 16.5. The predicted molar refractivity (Wildman–Crippen MR) is 148 cm³/mol. The van der Waals surface area contributed by atoms with Gasteiger partial charge in [-0.2, -0.15) is 0 Å². The third kappa shape index (κ3) is 3.59. The Morgan fingerprint density at radius 1 is 0.526 bits per heavy atom. The van der Waals surface area contributed by atoms with Crippen LogP contribution in [0.1, 0.15) is 45.2 Å². The molecule has 1 aliphatic carbocycles. The number of aryl methyl sites for hydroxylation is 2. The molecule has 4 nitrogen and oxygen atoms in total. The molecule has 38 heavy (non-hydrogen) atoms. The van der Waals surface area contributed by atoms with E-state index in [1.807, 2.05) is 123 Å². The molecule has 0 bridgehead atoms. The van der Waals surface area contributed by atoms with Crippen molar-refractivity contribution in [3.63, 3.8) is 0 Å². The van der Waals surface area contributed by atoms with Crippen molar-refractivity contribution in [3.8, 4) is 0 Å². The average molecular weight is 505 g/mol. The van der Waals surface area contributed by atoms with Crippen molar-refractivity contribution in [3.05, 3.63) is 143 Å². The van der Waals surface area contributed by atoms with Gasteiger partial charge in [-0.15, -0.1) is 0 Å². The van der Waals surface area contributed by atoms with Crippen LogP contribution in [-0.4, -0.2) is 26.2 Å². The molecule has 5 rings (SSSR count). The number of methoxy groups -OCH3 is 2. The monoisotopic (exact) mass is 504 g/mol. The topological polar surface area (TPSA) is 52.6 Å². The highest BCUT2D eigenvalue weighted by molar-refractivity contribution is 5.99. The summed E-state index contributed by atoms with van der Waals surface area (Å²) in [5, 5.41) is 0. The van der Waals surface area contributed by atoms with E-state index < -0.39 is 22.7 Å². The van der Waals surface area contributed by atoms with Crippen LogP contribution in [-0.2, 0) is 29.9 Å². The van der Waals surface area contributed by atoms with E-state index in [0.717, 1.165) is 33.4 Å². The molecule has 1 fully saturated rings. The number of benzene rings is 4. The maximum Gasteiger partial charge on any atom is 0.317 e. The van der Waals surface area contributed by atoms with Crippen molar-refractivity contribution < 1.29 is 19.1 Å². The SMILES string of the molecule is COC(=O)C1(c2ccccc2)C(c2ccc(C)cc2)C(C(=O)OC)(c2ccccc2)C1c1ccc(C)cc1. The number of ether oxygens (including phenoxy) is 2. The number of carbonyl (C=O) groups is 2. The van der Waals surface area contributed by atoms with E-state index in [1.165, 1.54) is 14.2 Å². The smallest absolute Gasteiger partial charge is 0.317 e. The Balaban J connectivity index is 1.96. The summed E-state index contributed by atoms with van der Waals surface area (Å²) in [5.41, 5.74) is 3.17. The van der Waals surface area contributed by atoms with Crippen molar-refractivity contribution in [1.82, 2.24) is 0 Å². The van der Waals surface area contributed by atoms with Gasteiger partial charge in [-0.05, 0) is 36.1 Å². The molecule has 0 spiro atoms. The number of hydrogen-bond acceptors (Lipinski definition) is 4. The van der Waals surface area contributed by atoms with Gasteiger partial charge in [-0.3, -0.25) is 9.59 Å². The zero-order valence-corrected chi connectivity index (χ0v) is 22.2. The highest BCUT2D eigenvalue weighted by Crippen LogP contribution is 2.74. The Kier molecular flexibility index (Phi) is 6.66. The first-order valence-corrected chi connectivity index (χ1v) is 12.8. The second-order valence-electron chi connectivity index (χ2n) is 10.1. The molecule has 1 aliphatic rings. The lowest BCUT2D eigenvalue weighted by Crippen LogP contribution is -2.72. The molecule has 0 aliphatic heterocycles. The predicted octanol–water partition coefficient (Wildman–Crippen LogP) is 6.41. The van der Waals surface area contributed by atoms with Crippen LogP contribution < -0.4 is 0 Å². The summed E-state index contributed by atoms with van der Waals surface area (Å²) in [6.07, 6.45) is 0. The molecule has 0 aromatic heterocycles. The van der Waals surface area contributed by atoms with Crippen molar-refractivity contribution in [2.24, 2.45) is 0 Å². The molecule has 0 unspecified atom stereocenters. The second-order valence-corrected chi connectivity index (χ2v) is 10.1. The quantitative estimate of drug-likeness (QED) is 0.285. The molecule has 0 amide bonds. The Hall–Kier alpha value is -4.18. The molecule has 0 atom stereocenters. The van der Waals surface area contributed by atoms with Crippen LogP contribution >= 0.6 is 0 Å². The van der Waals surface area contributed by atoms with Crippen LogP contribution in [0.4, 0.5) is 0 Å². The highest BCUT2D eigenvalue weighted by Gasteiger charge is 2.79. The van der Waals surface area contributed by atoms with Gasteiger partial charge in [-0.1, -0.05) is 120 Å². The minimum Gasteiger partial charge on any atom is -0.468 e. The molecule has 192 valence electrons. The summed E-state index contributed by atoms with van der Waals surface area (Å²) in [6, 6.07) is 35.6. The first kappa shape index (κ1) is 25.5. The molecule has 0 saturated heterocycles. The van der Waals surface area contributed by atoms with Crippen molar-refractivity contribution in [2.45, 2.75) is 36.5 Å². The lowest BCUT2D eigenvalue weighted by atomic mass is 9.33. The number of rotatable bonds is 6. The first-order valence-electron chi connectivity index (χ1n) is 12.8. The van der Waals surface area contributed by atoms with E-state index in [2.05, 4.69) is 0 Å². The van der Waals surface area contributed by atoms with E-state index >= 15 is 0 Å². The first-order chi connectivity index (χ1) is 18.4. The van der Waals surface area contributed by atoms with Gasteiger partial charge in [0.15, 0.2) is 0 Å². The van der Waals surface area contributed by atoms with Gasteiger partial charge < -0.3 is 9.47 Å². The lowest BCUT2D eigenvalue weighted by molar-refractivity contribution is -0.173. The summed E-state index contributed by atoms with van der Waals surface area (Å²) in [4.78, 5) is 28.5. The molecule has 4 aromatic carbocycles. The Bertz CT molecular complexity index is 1300. The normalized spacial score (nSPS) is 24.2. The largest absolute Gasteiger partial charge is 0.468 e. The maximum absolute atomic E-state index is 14.3. The summed E-state index contributed by atoms with van der Waals surface area (Å²) < 4.78 is 11.2. The Morgan fingerprint density at radius 2 is 0.842 bits per heavy atom. The van der Waals surface area contributed by atoms with Gasteiger partial charge in [-0.25, -0.2) is 0 Å². The van der Waals surface area contributed by atoms with E-state index in [1.54, 1.807) is 0 Å². The molecule has 0 N–H and O–H groups in total. The van der Waals surface area contributed by atoms with Crippen molar-refractivity contribution in [2.75, 3.05) is 14.2 Å². The van der Waals surface area contributed by atoms with Gasteiger partial charge >= 0.3 is 11.9 Å². The number of carbonyl (C=O) groups excluding carboxylic acids is 2. The molecule has 4 heteroatoms. The second kappa shape index (κ2) is 9.94. The van der Waals surface area contributed by atoms with Crippen LogP contribution in [0.25, 0.3) is 0 Å². The Morgan fingerprint density at radius 3 is 1.13 bits per heavy atom. The standard InChI is InChI=1S/C34H32O4/c1-23-15-19-25(20-16-23)29-33(31(35)37-3,27-11-7-5-8-12-27)30(26-21-17-24(2)18-22-26)34(29,32(36)38-4)28-13-9-6-10-14-28/h5-22,29-30H,1-4H3. The Labute approximate surface area is 224 Å². The lowest BCUT2D eigenvalue weighted by Gasteiger charge is -2.66. The fraction of sp³-hybridized carbons (Fsp3) is 0.235. The fourth-order valence-corrected chi connectivity index (χ4v) is 6.66. The fourth-order valence-electron chi connectivity index (χ4n) is 6.66. The third-order valence-electron chi connectivity index (χ3n) is 8.19. The van der Waals surface area contributed by atoms with E-state index in [-0.39, 0.29) is 11.9 Å². The molecule has 0 radical (unpaired) electrons. The summed E-state index contributed by atoms with van der Waals surface area (Å²) in [7, 11) is 2.85. The van der Waals surface area contributed by atoms with Crippen molar-refractivity contribution in [1.29, 1.82) is 0 Å². The maximum atomic E-state index is 14.3. The van der Waals surface area contributed by atoms with Crippen LogP contribution in [0.2, 0.25) is 0 Å². The minimum atomic E-state index is -1.19. The van der Waals surface area contributed by atoms with Gasteiger partial charge in [0.1, 0.15) is 10.8 Å². The molecular weight excluding hydrogens is 472 g/mol. The summed E-state index contributed by atoms with van der Waals surface area (Å²) in [6.45, 7) is 4.05. The minimum absolute atomic E-state index is 0.379. The summed E-state index contributed by atoms with van der Waals surface area (Å²) >= 11 is 0. The van der Waals surface area contributed by atoms with Crippen LogP contribution in [0.15, 0.2) is 109 Å². The third-order valence-corrected chi connectivity index (χ3v) is 8.19. The molecular formula is C34H32O4. The number of hydrogen-bond donors (Lipinski definition) is 0. The van der Waals surface area contributed by atoms with Crippen LogP contribution in [0.5, 0.6) is 0 Å². The van der Waals surface area contributed by atoms with Gasteiger partial charge in [0.05, 0.1) is 14.2 Å². The molecule has 1 saturated carbocycles. The van der Waals surface area contributed by atoms with E-state index in [4.69, 9.17) is 9.47 Å². The van der Waals surface area contributed by atoms with E-state index in [9.17, 15) is 9.59 Å². The van der Waals surface area contributed by atoms with Gasteiger partial charge in [0.2, 0.25) is 0 Å². The zero-order valence-electron chi connectivity index (χ0n) is 22.2. The van der Waals surface area contributed by atoms with Crippen LogP contribution in [0.3, 0.4) is 0 Å². The molecule has 0 heterocycles. The average Bonchev–Trinajstić information content (AvgIpc) is 2.95. The zero-order chi connectivity index (χ0) is 26.9. The van der Waals surface area contributed by atoms with E-state index in [0.29, 0.717) is 0 Å². The van der Waals surface area contributed by atoms with Crippen LogP contribution in [0, 0.1) is 13.8 Å². The number of esters is 2. The van der Waals surface area contributed by atoms with Gasteiger partial charge in [0, 0.05) is 11.8 Å². The van der Waals surface area contributed by atoms with Crippen molar-refractivity contribution >= 4 is 11.9 Å². The summed E-state index contributed by atoms with van der Waals surface area (Å²) in [5.74, 6) is -1.94. The molecule has 4 aromatic rings.